The first kappa shape index (κ1) is 37.5. The van der Waals surface area contributed by atoms with E-state index < -0.39 is 0 Å². The zero-order valence-electron chi connectivity index (χ0n) is 35.5. The monoisotopic (exact) mass is 770 g/mol. The molecule has 0 aromatic heterocycles. The fraction of sp³-hybridized carbons (Fsp3) is 0.133. The van der Waals surface area contributed by atoms with E-state index in [1.54, 1.807) is 0 Å². The minimum atomic E-state index is 0.120. The SMILES string of the molecule is CC(C)(C)c1ccc(-c2ccc3cc(-c4ccc(-c5cccc6c(-c7ccc(-c8ccc(C(C)(C)C)cc8)c8ccccc78)cccc56)c5ccccc45)ccc3c2)cc1. The first-order chi connectivity index (χ1) is 29.0. The van der Waals surface area contributed by atoms with Crippen LogP contribution in [0.3, 0.4) is 0 Å². The number of fused-ring (bicyclic) bond motifs is 4. The normalized spacial score (nSPS) is 12.2. The third-order valence-electron chi connectivity index (χ3n) is 12.6. The summed E-state index contributed by atoms with van der Waals surface area (Å²) in [5, 5.41) is 10.1. The summed E-state index contributed by atoms with van der Waals surface area (Å²) >= 11 is 0. The molecule has 0 spiro atoms. The minimum Gasteiger partial charge on any atom is -0.0616 e. The summed E-state index contributed by atoms with van der Waals surface area (Å²) in [7, 11) is 0. The molecule has 0 aliphatic rings. The molecule has 0 fully saturated rings. The van der Waals surface area contributed by atoms with Crippen molar-refractivity contribution in [3.63, 3.8) is 0 Å². The molecule has 10 rings (SSSR count). The smallest absolute Gasteiger partial charge is 0.00987 e. The van der Waals surface area contributed by atoms with Crippen LogP contribution in [0.5, 0.6) is 0 Å². The highest BCUT2D eigenvalue weighted by Crippen LogP contribution is 2.43. The predicted octanol–water partition coefficient (Wildman–Crippen LogP) is 17.2. The number of rotatable bonds is 5. The average Bonchev–Trinajstić information content (AvgIpc) is 3.27. The zero-order chi connectivity index (χ0) is 41.2. The highest BCUT2D eigenvalue weighted by Gasteiger charge is 2.18. The van der Waals surface area contributed by atoms with Gasteiger partial charge in [-0.1, -0.05) is 224 Å². The fourth-order valence-electron chi connectivity index (χ4n) is 9.26. The Labute approximate surface area is 354 Å². The van der Waals surface area contributed by atoms with Crippen LogP contribution in [0.2, 0.25) is 0 Å². The maximum Gasteiger partial charge on any atom is -0.00987 e. The van der Waals surface area contributed by atoms with E-state index >= 15 is 0 Å². The molecule has 0 N–H and O–H groups in total. The quantitative estimate of drug-likeness (QED) is 0.163. The van der Waals surface area contributed by atoms with E-state index in [9.17, 15) is 0 Å². The van der Waals surface area contributed by atoms with Crippen molar-refractivity contribution in [3.05, 3.63) is 205 Å². The van der Waals surface area contributed by atoms with Crippen LogP contribution < -0.4 is 0 Å². The molecule has 10 aromatic rings. The first-order valence-electron chi connectivity index (χ1n) is 21.3. The van der Waals surface area contributed by atoms with E-state index in [0.717, 1.165) is 0 Å². The molecule has 0 nitrogen and oxygen atoms in total. The van der Waals surface area contributed by atoms with Gasteiger partial charge in [-0.15, -0.1) is 0 Å². The number of hydrogen-bond donors (Lipinski definition) is 0. The van der Waals surface area contributed by atoms with Crippen molar-refractivity contribution >= 4 is 43.1 Å². The van der Waals surface area contributed by atoms with E-state index in [1.165, 1.54) is 110 Å². The molecule has 0 heterocycles. The Hall–Kier alpha value is -6.76. The predicted molar refractivity (Wildman–Crippen MR) is 261 cm³/mol. The molecule has 60 heavy (non-hydrogen) atoms. The Morgan fingerprint density at radius 1 is 0.233 bits per heavy atom. The van der Waals surface area contributed by atoms with Crippen molar-refractivity contribution in [2.75, 3.05) is 0 Å². The van der Waals surface area contributed by atoms with Crippen molar-refractivity contribution < 1.29 is 0 Å². The minimum absolute atomic E-state index is 0.120. The topological polar surface area (TPSA) is 0 Å². The summed E-state index contributed by atoms with van der Waals surface area (Å²) in [6.07, 6.45) is 0. The van der Waals surface area contributed by atoms with E-state index in [1.807, 2.05) is 0 Å². The molecule has 0 radical (unpaired) electrons. The lowest BCUT2D eigenvalue weighted by Crippen LogP contribution is -2.10. The second kappa shape index (κ2) is 14.5. The summed E-state index contributed by atoms with van der Waals surface area (Å²) in [6, 6.07) is 72.7. The second-order valence-corrected chi connectivity index (χ2v) is 18.6. The molecule has 0 amide bonds. The van der Waals surface area contributed by atoms with Crippen LogP contribution in [0.4, 0.5) is 0 Å². The molecule has 0 aliphatic heterocycles. The van der Waals surface area contributed by atoms with E-state index in [2.05, 4.69) is 236 Å². The van der Waals surface area contributed by atoms with Crippen molar-refractivity contribution in [2.24, 2.45) is 0 Å². The Morgan fingerprint density at radius 2 is 0.550 bits per heavy atom. The van der Waals surface area contributed by atoms with Gasteiger partial charge in [0, 0.05) is 0 Å². The van der Waals surface area contributed by atoms with Gasteiger partial charge in [0.15, 0.2) is 0 Å². The van der Waals surface area contributed by atoms with Gasteiger partial charge in [-0.3, -0.25) is 0 Å². The summed E-state index contributed by atoms with van der Waals surface area (Å²) in [5.74, 6) is 0. The van der Waals surface area contributed by atoms with Crippen molar-refractivity contribution in [3.8, 4) is 55.6 Å². The van der Waals surface area contributed by atoms with Crippen molar-refractivity contribution in [1.29, 1.82) is 0 Å². The van der Waals surface area contributed by atoms with Crippen molar-refractivity contribution in [1.82, 2.24) is 0 Å². The first-order valence-corrected chi connectivity index (χ1v) is 21.3. The van der Waals surface area contributed by atoms with Gasteiger partial charge < -0.3 is 0 Å². The highest BCUT2D eigenvalue weighted by atomic mass is 14.2. The number of benzene rings is 10. The van der Waals surface area contributed by atoms with E-state index in [4.69, 9.17) is 0 Å². The summed E-state index contributed by atoms with van der Waals surface area (Å²) in [6.45, 7) is 13.6. The van der Waals surface area contributed by atoms with Crippen LogP contribution in [0.15, 0.2) is 194 Å². The molecule has 0 aliphatic carbocycles. The lowest BCUT2D eigenvalue weighted by Gasteiger charge is -2.20. The Morgan fingerprint density at radius 3 is 1.00 bits per heavy atom. The van der Waals surface area contributed by atoms with Crippen LogP contribution in [-0.2, 0) is 10.8 Å². The van der Waals surface area contributed by atoms with Gasteiger partial charge in [0.2, 0.25) is 0 Å². The standard InChI is InChI=1S/C60H50/c1-59(2,3)45-29-25-39(26-30-45)41-21-22-43-38-44(24-23-42(43)37-41)48-34-36-58(52-16-10-8-14-50(48)52)56-20-12-17-53-54(56)18-11-19-55(53)57-35-33-47(49-13-7-9-15-51(49)57)40-27-31-46(32-28-40)60(4,5)6/h7-38H,1-6H3. The molecule has 10 aromatic carbocycles. The van der Waals surface area contributed by atoms with Crippen LogP contribution in [0.25, 0.3) is 98.7 Å². The summed E-state index contributed by atoms with van der Waals surface area (Å²) in [4.78, 5) is 0. The van der Waals surface area contributed by atoms with Crippen LogP contribution in [-0.4, -0.2) is 0 Å². The molecule has 0 saturated carbocycles. The molecule has 0 heteroatoms. The Bertz CT molecular complexity index is 3240. The number of hydrogen-bond acceptors (Lipinski definition) is 0. The third-order valence-corrected chi connectivity index (χ3v) is 12.6. The molecular formula is C60H50. The lowest BCUT2D eigenvalue weighted by molar-refractivity contribution is 0.590. The van der Waals surface area contributed by atoms with E-state index in [0.29, 0.717) is 0 Å². The molecule has 0 atom stereocenters. The highest BCUT2D eigenvalue weighted by molar-refractivity contribution is 6.15. The van der Waals surface area contributed by atoms with E-state index in [-0.39, 0.29) is 10.8 Å². The largest absolute Gasteiger partial charge is 0.0616 e. The van der Waals surface area contributed by atoms with Crippen LogP contribution in [0.1, 0.15) is 52.7 Å². The zero-order valence-corrected chi connectivity index (χ0v) is 35.5. The van der Waals surface area contributed by atoms with Gasteiger partial charge in [0.1, 0.15) is 0 Å². The summed E-state index contributed by atoms with van der Waals surface area (Å²) < 4.78 is 0. The third kappa shape index (κ3) is 6.67. The Balaban J connectivity index is 1.03. The molecule has 0 bridgehead atoms. The molecular weight excluding hydrogens is 721 g/mol. The molecule has 290 valence electrons. The molecule has 0 unspecified atom stereocenters. The van der Waals surface area contributed by atoms with Gasteiger partial charge in [-0.25, -0.2) is 0 Å². The van der Waals surface area contributed by atoms with Crippen LogP contribution >= 0.6 is 0 Å². The van der Waals surface area contributed by atoms with Gasteiger partial charge >= 0.3 is 0 Å². The fourth-order valence-corrected chi connectivity index (χ4v) is 9.26. The van der Waals surface area contributed by atoms with Crippen molar-refractivity contribution in [2.45, 2.75) is 52.4 Å². The Kier molecular flexibility index (Phi) is 9.07. The van der Waals surface area contributed by atoms with Gasteiger partial charge in [0.05, 0.1) is 0 Å². The molecule has 0 saturated heterocycles. The van der Waals surface area contributed by atoms with Gasteiger partial charge in [0.25, 0.3) is 0 Å². The average molecular weight is 771 g/mol. The lowest BCUT2D eigenvalue weighted by atomic mass is 9.85. The van der Waals surface area contributed by atoms with Gasteiger partial charge in [-0.05, 0) is 133 Å². The van der Waals surface area contributed by atoms with Crippen LogP contribution in [0, 0.1) is 0 Å². The maximum atomic E-state index is 2.35. The van der Waals surface area contributed by atoms with Gasteiger partial charge in [-0.2, -0.15) is 0 Å². The summed E-state index contributed by atoms with van der Waals surface area (Å²) in [5.41, 5.74) is 15.5. The maximum absolute atomic E-state index is 2.35. The second-order valence-electron chi connectivity index (χ2n) is 18.6.